The van der Waals surface area contributed by atoms with Gasteiger partial charge in [-0.1, -0.05) is 0 Å². The summed E-state index contributed by atoms with van der Waals surface area (Å²) < 4.78 is 47.0. The molecule has 8 heteroatoms. The van der Waals surface area contributed by atoms with Crippen molar-refractivity contribution in [3.05, 3.63) is 29.1 Å². The van der Waals surface area contributed by atoms with Gasteiger partial charge in [0.2, 0.25) is 10.0 Å². The van der Waals surface area contributed by atoms with Crippen molar-refractivity contribution in [1.82, 2.24) is 0 Å². The van der Waals surface area contributed by atoms with Crippen LogP contribution in [0.3, 0.4) is 0 Å². The number of carbonyl (C=O) groups is 1. The lowest BCUT2D eigenvalue weighted by atomic mass is 10.1. The number of nitrogens with two attached hydrogens (primary N) is 1. The molecule has 0 unspecified atom stereocenters. The van der Waals surface area contributed by atoms with Gasteiger partial charge in [0.05, 0.1) is 23.7 Å². The van der Waals surface area contributed by atoms with Gasteiger partial charge < -0.3 is 9.47 Å². The molecule has 1 heterocycles. The molecule has 2 N–H and O–H groups in total. The summed E-state index contributed by atoms with van der Waals surface area (Å²) in [4.78, 5) is 11.7. The number of hydrogen-bond acceptors (Lipinski definition) is 5. The van der Waals surface area contributed by atoms with E-state index in [1.165, 1.54) is 6.92 Å². The number of esters is 1. The van der Waals surface area contributed by atoms with E-state index in [0.717, 1.165) is 12.1 Å². The van der Waals surface area contributed by atoms with Gasteiger partial charge in [-0.3, -0.25) is 0 Å². The van der Waals surface area contributed by atoms with Crippen LogP contribution in [0.1, 0.15) is 28.8 Å². The van der Waals surface area contributed by atoms with Gasteiger partial charge in [-0.05, 0) is 24.6 Å². The zero-order valence-corrected chi connectivity index (χ0v) is 12.3. The van der Waals surface area contributed by atoms with E-state index < -0.39 is 27.4 Å². The lowest BCUT2D eigenvalue weighted by molar-refractivity contribution is -0.0162. The Bertz CT molecular complexity index is 653. The molecule has 0 aliphatic carbocycles. The molecule has 21 heavy (non-hydrogen) atoms. The first kappa shape index (κ1) is 15.9. The lowest BCUT2D eigenvalue weighted by Gasteiger charge is -2.22. The van der Waals surface area contributed by atoms with E-state index in [2.05, 4.69) is 0 Å². The second-order valence-corrected chi connectivity index (χ2v) is 6.39. The van der Waals surface area contributed by atoms with Crippen molar-refractivity contribution < 1.29 is 27.1 Å². The van der Waals surface area contributed by atoms with E-state index in [1.54, 1.807) is 0 Å². The maximum absolute atomic E-state index is 13.9. The number of aryl methyl sites for hydroxylation is 1. The van der Waals surface area contributed by atoms with E-state index >= 15 is 0 Å². The zero-order chi connectivity index (χ0) is 15.6. The molecular weight excluding hydrogens is 301 g/mol. The highest BCUT2D eigenvalue weighted by Gasteiger charge is 2.24. The van der Waals surface area contributed by atoms with E-state index in [1.807, 2.05) is 0 Å². The summed E-state index contributed by atoms with van der Waals surface area (Å²) in [5, 5.41) is 5.04. The summed E-state index contributed by atoms with van der Waals surface area (Å²) in [6.45, 7) is 2.34. The molecule has 0 saturated carbocycles. The summed E-state index contributed by atoms with van der Waals surface area (Å²) >= 11 is 0. The molecule has 1 saturated heterocycles. The molecule has 1 aliphatic rings. The molecule has 1 aliphatic heterocycles. The van der Waals surface area contributed by atoms with Gasteiger partial charge in [0.15, 0.2) is 0 Å². The van der Waals surface area contributed by atoms with E-state index in [0.29, 0.717) is 26.1 Å². The molecule has 2 rings (SSSR count). The first-order valence-electron chi connectivity index (χ1n) is 6.40. The fourth-order valence-electron chi connectivity index (χ4n) is 2.12. The van der Waals surface area contributed by atoms with Crippen LogP contribution in [0.5, 0.6) is 0 Å². The fraction of sp³-hybridized carbons (Fsp3) is 0.462. The van der Waals surface area contributed by atoms with Crippen molar-refractivity contribution >= 4 is 16.0 Å². The van der Waals surface area contributed by atoms with E-state index in [9.17, 15) is 17.6 Å². The highest BCUT2D eigenvalue weighted by atomic mass is 32.2. The Morgan fingerprint density at radius 3 is 2.57 bits per heavy atom. The SMILES string of the molecule is Cc1cc(F)c(C(=O)OC2CCOCC2)cc1S(N)(=O)=O. The molecule has 1 aromatic rings. The molecular formula is C13H16FNO5S. The number of halogens is 1. The largest absolute Gasteiger partial charge is 0.459 e. The summed E-state index contributed by atoms with van der Waals surface area (Å²) in [6, 6.07) is 1.88. The van der Waals surface area contributed by atoms with Crippen LogP contribution in [-0.2, 0) is 19.5 Å². The molecule has 0 spiro atoms. The van der Waals surface area contributed by atoms with Gasteiger partial charge in [-0.2, -0.15) is 0 Å². The van der Waals surface area contributed by atoms with Gasteiger partial charge in [-0.15, -0.1) is 0 Å². The number of ether oxygens (including phenoxy) is 2. The molecule has 0 radical (unpaired) electrons. The maximum Gasteiger partial charge on any atom is 0.341 e. The van der Waals surface area contributed by atoms with Crippen molar-refractivity contribution in [1.29, 1.82) is 0 Å². The van der Waals surface area contributed by atoms with E-state index in [4.69, 9.17) is 14.6 Å². The van der Waals surface area contributed by atoms with Crippen LogP contribution in [0, 0.1) is 12.7 Å². The minimum Gasteiger partial charge on any atom is -0.459 e. The van der Waals surface area contributed by atoms with Crippen LogP contribution in [0.25, 0.3) is 0 Å². The molecule has 6 nitrogen and oxygen atoms in total. The van der Waals surface area contributed by atoms with Gasteiger partial charge in [0.25, 0.3) is 0 Å². The van der Waals surface area contributed by atoms with Crippen LogP contribution < -0.4 is 5.14 Å². The van der Waals surface area contributed by atoms with Crippen LogP contribution >= 0.6 is 0 Å². The Morgan fingerprint density at radius 1 is 1.38 bits per heavy atom. The number of rotatable bonds is 3. The van der Waals surface area contributed by atoms with Crippen molar-refractivity contribution in [3.8, 4) is 0 Å². The highest BCUT2D eigenvalue weighted by molar-refractivity contribution is 7.89. The second-order valence-electron chi connectivity index (χ2n) is 4.86. The van der Waals surface area contributed by atoms with Crippen molar-refractivity contribution in [3.63, 3.8) is 0 Å². The van der Waals surface area contributed by atoms with E-state index in [-0.39, 0.29) is 16.6 Å². The van der Waals surface area contributed by atoms with Crippen LogP contribution in [0.4, 0.5) is 4.39 Å². The number of benzene rings is 1. The van der Waals surface area contributed by atoms with Crippen molar-refractivity contribution in [2.24, 2.45) is 5.14 Å². The molecule has 116 valence electrons. The zero-order valence-electron chi connectivity index (χ0n) is 11.5. The number of sulfonamides is 1. The smallest absolute Gasteiger partial charge is 0.341 e. The summed E-state index contributed by atoms with van der Waals surface area (Å²) in [5.74, 6) is -1.73. The average molecular weight is 317 g/mol. The predicted molar refractivity (Wildman–Crippen MR) is 71.8 cm³/mol. The van der Waals surface area contributed by atoms with Gasteiger partial charge in [0.1, 0.15) is 11.9 Å². The summed E-state index contributed by atoms with van der Waals surface area (Å²) in [7, 11) is -4.03. The minimum absolute atomic E-state index is 0.137. The Kier molecular flexibility index (Phi) is 4.60. The minimum atomic E-state index is -4.03. The molecule has 1 fully saturated rings. The maximum atomic E-state index is 13.9. The third kappa shape index (κ3) is 3.78. The Labute approximate surface area is 122 Å². The van der Waals surface area contributed by atoms with Crippen LogP contribution in [-0.4, -0.2) is 33.7 Å². The topological polar surface area (TPSA) is 95.7 Å². The Hall–Kier alpha value is -1.51. The quantitative estimate of drug-likeness (QED) is 0.843. The van der Waals surface area contributed by atoms with Crippen molar-refractivity contribution in [2.75, 3.05) is 13.2 Å². The third-order valence-corrected chi connectivity index (χ3v) is 4.29. The second kappa shape index (κ2) is 6.08. The normalized spacial score (nSPS) is 16.7. The predicted octanol–water partition coefficient (Wildman–Crippen LogP) is 1.12. The fourth-order valence-corrected chi connectivity index (χ4v) is 2.91. The summed E-state index contributed by atoms with van der Waals surface area (Å²) in [5.41, 5.74) is -0.297. The number of hydrogen-bond donors (Lipinski definition) is 1. The Balaban J connectivity index is 2.28. The highest BCUT2D eigenvalue weighted by Crippen LogP contribution is 2.21. The third-order valence-electron chi connectivity index (χ3n) is 3.23. The Morgan fingerprint density at radius 2 is 2.00 bits per heavy atom. The van der Waals surface area contributed by atoms with Crippen LogP contribution in [0.15, 0.2) is 17.0 Å². The number of carbonyl (C=O) groups excluding carboxylic acids is 1. The average Bonchev–Trinajstić information content (AvgIpc) is 2.38. The lowest BCUT2D eigenvalue weighted by Crippen LogP contribution is -2.26. The number of primary sulfonamides is 1. The first-order valence-corrected chi connectivity index (χ1v) is 7.95. The monoisotopic (exact) mass is 317 g/mol. The van der Waals surface area contributed by atoms with Gasteiger partial charge >= 0.3 is 5.97 Å². The van der Waals surface area contributed by atoms with Gasteiger partial charge in [-0.25, -0.2) is 22.7 Å². The molecule has 0 bridgehead atoms. The first-order chi connectivity index (χ1) is 9.79. The van der Waals surface area contributed by atoms with Gasteiger partial charge in [0, 0.05) is 12.8 Å². The molecule has 1 aromatic carbocycles. The standard InChI is InChI=1S/C13H16FNO5S/c1-8-6-11(14)10(7-12(8)21(15,17)18)13(16)20-9-2-4-19-5-3-9/h6-7,9H,2-5H2,1H3,(H2,15,17,18). The summed E-state index contributed by atoms with van der Waals surface area (Å²) in [6.07, 6.45) is 0.701. The molecule has 0 amide bonds. The molecule has 0 aromatic heterocycles. The van der Waals surface area contributed by atoms with Crippen LogP contribution in [0.2, 0.25) is 0 Å². The molecule has 0 atom stereocenters. The van der Waals surface area contributed by atoms with Crippen molar-refractivity contribution in [2.45, 2.75) is 30.8 Å².